The second-order valence-corrected chi connectivity index (χ2v) is 15.7. The highest BCUT2D eigenvalue weighted by atomic mass is 79.9. The van der Waals surface area contributed by atoms with Crippen LogP contribution in [-0.2, 0) is 26.1 Å². The van der Waals surface area contributed by atoms with E-state index in [1.807, 2.05) is 0 Å². The molecule has 216 valence electrons. The summed E-state index contributed by atoms with van der Waals surface area (Å²) in [6.45, 7) is 16.1. The minimum absolute atomic E-state index is 0.381. The Hall–Kier alpha value is -1.01. The number of benzene rings is 1. The van der Waals surface area contributed by atoms with E-state index in [2.05, 4.69) is 54.8 Å². The molecule has 1 aromatic carbocycles. The van der Waals surface area contributed by atoms with Crippen molar-refractivity contribution >= 4 is 104 Å². The topological polar surface area (TPSA) is 122 Å². The van der Waals surface area contributed by atoms with Crippen molar-refractivity contribution in [1.82, 2.24) is 4.90 Å². The van der Waals surface area contributed by atoms with E-state index in [4.69, 9.17) is 11.6 Å². The van der Waals surface area contributed by atoms with Gasteiger partial charge in [0.05, 0.1) is 24.8 Å². The Morgan fingerprint density at radius 2 is 1.74 bits per heavy atom. The maximum absolute atomic E-state index is 11.6. The lowest BCUT2D eigenvalue weighted by Crippen LogP contribution is -2.39. The first-order valence-corrected chi connectivity index (χ1v) is 18.2. The van der Waals surface area contributed by atoms with Crippen molar-refractivity contribution < 1.29 is 30.5 Å². The summed E-state index contributed by atoms with van der Waals surface area (Å²) in [5, 5.41) is 1.27. The summed E-state index contributed by atoms with van der Waals surface area (Å²) in [6, 6.07) is 6.66. The van der Waals surface area contributed by atoms with Gasteiger partial charge in [0, 0.05) is 11.1 Å². The van der Waals surface area contributed by atoms with E-state index in [0.29, 0.717) is 31.0 Å². The normalized spacial score (nSPS) is 14.3. The van der Waals surface area contributed by atoms with E-state index in [1.165, 1.54) is 63.5 Å². The van der Waals surface area contributed by atoms with Crippen molar-refractivity contribution in [3.63, 3.8) is 0 Å². The van der Waals surface area contributed by atoms with Gasteiger partial charge in [0.15, 0.2) is 16.0 Å². The van der Waals surface area contributed by atoms with Gasteiger partial charge in [-0.15, -0.1) is 24.5 Å². The standard InChI is InChI=1S/C15H10BrClN2O6S5.C6H15N.C2H4/c16-12-4-10-15(27-12)28-14(19(10)7-30(23,24)25)5-13-18(6-29(20,21)22)9-3-8(17)1-2-11(9)26-13;1-4-7(5-2)6-3;1-2/h1-5H,6-7H2,(H-,20,21,22,23,24,25);4-6H2,1-3H3;1-2H2. The molecule has 4 rings (SSSR count). The highest BCUT2D eigenvalue weighted by Gasteiger charge is 2.32. The Balaban J connectivity index is 0.000000517. The molecule has 16 heteroatoms. The van der Waals surface area contributed by atoms with Crippen LogP contribution < -0.4 is 9.47 Å². The molecule has 0 saturated carbocycles. The molecule has 0 saturated heterocycles. The van der Waals surface area contributed by atoms with E-state index < -0.39 is 32.0 Å². The Bertz CT molecular complexity index is 1530. The quantitative estimate of drug-likeness (QED) is 0.168. The molecule has 0 fully saturated rings. The van der Waals surface area contributed by atoms with Gasteiger partial charge in [-0.1, -0.05) is 55.5 Å². The zero-order chi connectivity index (χ0) is 29.5. The van der Waals surface area contributed by atoms with E-state index in [1.54, 1.807) is 30.3 Å². The fourth-order valence-corrected chi connectivity index (χ4v) is 9.45. The smallest absolute Gasteiger partial charge is 0.283 e. The van der Waals surface area contributed by atoms with Crippen LogP contribution in [0.25, 0.3) is 16.3 Å². The molecule has 1 aliphatic rings. The van der Waals surface area contributed by atoms with Crippen LogP contribution in [0.4, 0.5) is 5.69 Å². The van der Waals surface area contributed by atoms with Crippen LogP contribution in [0.2, 0.25) is 5.02 Å². The number of nitrogens with zero attached hydrogens (tertiary/aromatic N) is 3. The second-order valence-electron chi connectivity index (χ2n) is 7.73. The first kappa shape index (κ1) is 34.2. The van der Waals surface area contributed by atoms with Gasteiger partial charge in [-0.05, 0) is 53.8 Å². The summed E-state index contributed by atoms with van der Waals surface area (Å²) in [7, 11) is -8.95. The minimum Gasteiger partial charge on any atom is -0.743 e. The van der Waals surface area contributed by atoms with Gasteiger partial charge in [0.2, 0.25) is 11.4 Å². The molecule has 1 aliphatic heterocycles. The molecule has 0 radical (unpaired) electrons. The van der Waals surface area contributed by atoms with Crippen molar-refractivity contribution in [1.29, 1.82) is 0 Å². The molecule has 0 atom stereocenters. The van der Waals surface area contributed by atoms with Gasteiger partial charge in [0.25, 0.3) is 15.1 Å². The number of anilines is 1. The van der Waals surface area contributed by atoms with Gasteiger partial charge in [-0.3, -0.25) is 4.55 Å². The van der Waals surface area contributed by atoms with Gasteiger partial charge in [-0.25, -0.2) is 8.42 Å². The molecule has 0 spiro atoms. The highest BCUT2D eigenvalue weighted by Crippen LogP contribution is 2.52. The summed E-state index contributed by atoms with van der Waals surface area (Å²) < 4.78 is 70.6. The number of hydrogen-bond acceptors (Lipinski definition) is 10. The lowest BCUT2D eigenvalue weighted by Gasteiger charge is -2.17. The van der Waals surface area contributed by atoms with E-state index in [0.717, 1.165) is 8.00 Å². The number of fused-ring (bicyclic) bond motifs is 2. The molecular formula is C23H29BrClN3O6S5. The first-order valence-electron chi connectivity index (χ1n) is 11.4. The van der Waals surface area contributed by atoms with Gasteiger partial charge in [-0.2, -0.15) is 13.0 Å². The molecule has 9 nitrogen and oxygen atoms in total. The van der Waals surface area contributed by atoms with E-state index >= 15 is 0 Å². The minimum atomic E-state index is -4.61. The lowest BCUT2D eigenvalue weighted by atomic mass is 10.3. The van der Waals surface area contributed by atoms with Crippen molar-refractivity contribution in [2.75, 3.05) is 30.4 Å². The van der Waals surface area contributed by atoms with E-state index in [9.17, 15) is 25.9 Å². The molecule has 3 aromatic rings. The fraction of sp³-hybridized carbons (Fsp3) is 0.348. The van der Waals surface area contributed by atoms with Crippen molar-refractivity contribution in [3.8, 4) is 0 Å². The van der Waals surface area contributed by atoms with E-state index in [-0.39, 0.29) is 0 Å². The number of thioether (sulfide) groups is 1. The van der Waals surface area contributed by atoms with Crippen molar-refractivity contribution in [3.05, 3.63) is 56.3 Å². The summed E-state index contributed by atoms with van der Waals surface area (Å²) in [4.78, 5) is 3.80. The van der Waals surface area contributed by atoms with Crippen molar-refractivity contribution in [2.24, 2.45) is 0 Å². The van der Waals surface area contributed by atoms with Gasteiger partial charge >= 0.3 is 0 Å². The first-order chi connectivity index (χ1) is 18.2. The summed E-state index contributed by atoms with van der Waals surface area (Å²) in [5.41, 5.74) is 1.08. The third-order valence-corrected chi connectivity index (χ3v) is 10.6. The molecule has 3 heterocycles. The third-order valence-electron chi connectivity index (χ3n) is 5.26. The van der Waals surface area contributed by atoms with Gasteiger partial charge < -0.3 is 14.4 Å². The van der Waals surface area contributed by atoms with Crippen LogP contribution in [0.1, 0.15) is 25.8 Å². The highest BCUT2D eigenvalue weighted by molar-refractivity contribution is 9.11. The molecule has 2 aromatic heterocycles. The number of rotatable bonds is 8. The van der Waals surface area contributed by atoms with Crippen LogP contribution in [0.3, 0.4) is 0 Å². The Labute approximate surface area is 255 Å². The fourth-order valence-electron chi connectivity index (χ4n) is 3.52. The number of thiophene rings is 1. The number of halogens is 2. The van der Waals surface area contributed by atoms with Gasteiger partial charge in [0.1, 0.15) is 4.70 Å². The monoisotopic (exact) mass is 717 g/mol. The number of thiazole rings is 1. The lowest BCUT2D eigenvalue weighted by molar-refractivity contribution is -0.649. The summed E-state index contributed by atoms with van der Waals surface area (Å²) >= 11 is 13.3. The second kappa shape index (κ2) is 14.8. The molecule has 0 amide bonds. The average molecular weight is 719 g/mol. The Kier molecular flexibility index (Phi) is 12.9. The zero-order valence-corrected chi connectivity index (χ0v) is 27.9. The largest absolute Gasteiger partial charge is 0.743 e. The van der Waals surface area contributed by atoms with Crippen LogP contribution in [0, 0.1) is 0 Å². The van der Waals surface area contributed by atoms with Crippen molar-refractivity contribution in [2.45, 2.75) is 30.9 Å². The van der Waals surface area contributed by atoms with Crippen LogP contribution in [0.15, 0.2) is 50.4 Å². The number of aromatic nitrogens is 1. The molecule has 0 unspecified atom stereocenters. The molecule has 1 N–H and O–H groups in total. The average Bonchev–Trinajstić information content (AvgIpc) is 3.47. The maximum Gasteiger partial charge on any atom is 0.283 e. The zero-order valence-electron chi connectivity index (χ0n) is 21.5. The third kappa shape index (κ3) is 9.80. The van der Waals surface area contributed by atoms with Crippen LogP contribution >= 0.6 is 62.0 Å². The van der Waals surface area contributed by atoms with Crippen LogP contribution in [-0.4, -0.2) is 56.4 Å². The predicted octanol–water partition coefficient (Wildman–Crippen LogP) is 6.08. The Morgan fingerprint density at radius 3 is 2.26 bits per heavy atom. The summed E-state index contributed by atoms with van der Waals surface area (Å²) in [5.74, 6) is -1.47. The maximum atomic E-state index is 11.6. The Morgan fingerprint density at radius 1 is 1.13 bits per heavy atom. The molecule has 0 aliphatic carbocycles. The number of hydrogen-bond donors (Lipinski definition) is 1. The summed E-state index contributed by atoms with van der Waals surface area (Å²) in [6.07, 6.45) is 1.60. The molecule has 39 heavy (non-hydrogen) atoms. The predicted molar refractivity (Wildman–Crippen MR) is 166 cm³/mol. The van der Waals surface area contributed by atoms with Crippen LogP contribution in [0.5, 0.6) is 0 Å². The SMILES string of the molecule is C=C.CCN(CC)CC.O=S(=O)([O-])C[n+]1c(C=C2Sc3sc(Br)cc3N2CS(=O)(=O)O)sc2ccc(Cl)cc21. The molecule has 0 bridgehead atoms. The molecular weight excluding hydrogens is 690 g/mol.